The van der Waals surface area contributed by atoms with Gasteiger partial charge in [0.15, 0.2) is 0 Å². The van der Waals surface area contributed by atoms with Gasteiger partial charge >= 0.3 is 5.97 Å². The maximum atomic E-state index is 13.2. The van der Waals surface area contributed by atoms with Crippen molar-refractivity contribution < 1.29 is 26.7 Å². The zero-order valence-electron chi connectivity index (χ0n) is 14.6. The van der Waals surface area contributed by atoms with E-state index >= 15 is 0 Å². The maximum Gasteiger partial charge on any atom is 0.335 e. The number of aryl methyl sites for hydroxylation is 1. The van der Waals surface area contributed by atoms with Gasteiger partial charge in [-0.05, 0) is 67.3 Å². The van der Waals surface area contributed by atoms with Crippen LogP contribution in [0.4, 0.5) is 5.69 Å². The minimum absolute atomic E-state index is 0.0803. The zero-order chi connectivity index (χ0) is 20.1. The fraction of sp³-hybridized carbons (Fsp3) is 0.235. The summed E-state index contributed by atoms with van der Waals surface area (Å²) in [6, 6.07) is 6.60. The quantitative estimate of drug-likeness (QED) is 0.782. The highest BCUT2D eigenvalue weighted by atomic mass is 32.2. The van der Waals surface area contributed by atoms with Gasteiger partial charge in [0.2, 0.25) is 10.0 Å². The summed E-state index contributed by atoms with van der Waals surface area (Å²) in [7, 11) is -7.91. The lowest BCUT2D eigenvalue weighted by Crippen LogP contribution is -2.30. The second-order valence-corrected chi connectivity index (χ2v) is 9.78. The molecule has 0 amide bonds. The zero-order valence-corrected chi connectivity index (χ0v) is 16.3. The molecule has 8 nitrogen and oxygen atoms in total. The molecule has 10 heteroatoms. The molecule has 0 aliphatic carbocycles. The molecule has 0 aromatic heterocycles. The number of sulfonamides is 2. The number of benzene rings is 2. The second-order valence-electron chi connectivity index (χ2n) is 6.38. The SMILES string of the molecule is Cc1cc(C(=O)O)cc(S(=O)(=O)N2CCc3cc(S(N)(=O)=O)ccc32)c1C. The number of hydrogen-bond donors (Lipinski definition) is 2. The summed E-state index contributed by atoms with van der Waals surface area (Å²) < 4.78 is 50.6. The molecule has 0 bridgehead atoms. The number of primary sulfonamides is 1. The third-order valence-corrected chi connectivity index (χ3v) is 7.52. The number of hydrogen-bond acceptors (Lipinski definition) is 5. The van der Waals surface area contributed by atoms with Gasteiger partial charge in [-0.2, -0.15) is 0 Å². The lowest BCUT2D eigenvalue weighted by atomic mass is 10.1. The molecular weight excluding hydrogens is 392 g/mol. The number of nitrogens with zero attached hydrogens (tertiary/aromatic N) is 1. The Morgan fingerprint density at radius 3 is 2.37 bits per heavy atom. The summed E-state index contributed by atoms with van der Waals surface area (Å²) in [4.78, 5) is 11.2. The number of rotatable bonds is 4. The van der Waals surface area contributed by atoms with E-state index in [4.69, 9.17) is 5.14 Å². The standard InChI is InChI=1S/C17H18N2O6S2/c1-10-7-13(17(20)21)9-16(11(10)2)27(24,25)19-6-5-12-8-14(26(18,22)23)3-4-15(12)19/h3-4,7-9H,5-6H2,1-2H3,(H,20,21)(H2,18,22,23). The van der Waals surface area contributed by atoms with Gasteiger partial charge in [0, 0.05) is 6.54 Å². The lowest BCUT2D eigenvalue weighted by Gasteiger charge is -2.22. The molecule has 0 fully saturated rings. The van der Waals surface area contributed by atoms with Crippen molar-refractivity contribution >= 4 is 31.7 Å². The van der Waals surface area contributed by atoms with Crippen LogP contribution in [0, 0.1) is 13.8 Å². The van der Waals surface area contributed by atoms with Crippen LogP contribution in [-0.4, -0.2) is 34.5 Å². The number of nitrogens with two attached hydrogens (primary N) is 1. The Morgan fingerprint density at radius 1 is 1.11 bits per heavy atom. The van der Waals surface area contributed by atoms with Gasteiger partial charge in [0.05, 0.1) is 21.0 Å². The Morgan fingerprint density at radius 2 is 1.78 bits per heavy atom. The predicted molar refractivity (Wildman–Crippen MR) is 98.9 cm³/mol. The van der Waals surface area contributed by atoms with Crippen LogP contribution in [0.15, 0.2) is 40.1 Å². The summed E-state index contributed by atoms with van der Waals surface area (Å²) in [5.41, 5.74) is 1.82. The van der Waals surface area contributed by atoms with E-state index in [0.29, 0.717) is 28.8 Å². The van der Waals surface area contributed by atoms with Gasteiger partial charge in [-0.3, -0.25) is 4.31 Å². The molecular formula is C17H18N2O6S2. The first-order valence-corrected chi connectivity index (χ1v) is 10.9. The van der Waals surface area contributed by atoms with E-state index in [-0.39, 0.29) is 21.9 Å². The average molecular weight is 410 g/mol. The van der Waals surface area contributed by atoms with Crippen molar-refractivity contribution in [2.24, 2.45) is 5.14 Å². The molecule has 2 aromatic rings. The molecule has 0 radical (unpaired) electrons. The number of carbonyl (C=O) groups is 1. The summed E-state index contributed by atoms with van der Waals surface area (Å²) in [6.07, 6.45) is 0.328. The Bertz CT molecular complexity index is 1170. The van der Waals surface area contributed by atoms with Crippen LogP contribution in [-0.2, 0) is 26.5 Å². The number of fused-ring (bicyclic) bond motifs is 1. The Hall–Kier alpha value is -2.43. The van der Waals surface area contributed by atoms with Crippen molar-refractivity contribution in [3.8, 4) is 0 Å². The monoisotopic (exact) mass is 410 g/mol. The maximum absolute atomic E-state index is 13.2. The van der Waals surface area contributed by atoms with E-state index in [9.17, 15) is 26.7 Å². The van der Waals surface area contributed by atoms with Crippen LogP contribution >= 0.6 is 0 Å². The first-order valence-electron chi connectivity index (χ1n) is 7.96. The number of carboxylic acid groups (broad SMARTS) is 1. The minimum Gasteiger partial charge on any atom is -0.478 e. The Kier molecular flexibility index (Phi) is 4.53. The van der Waals surface area contributed by atoms with Crippen LogP contribution in [0.5, 0.6) is 0 Å². The van der Waals surface area contributed by atoms with Gasteiger partial charge in [0.25, 0.3) is 10.0 Å². The highest BCUT2D eigenvalue weighted by Gasteiger charge is 2.33. The van der Waals surface area contributed by atoms with Crippen LogP contribution in [0.2, 0.25) is 0 Å². The Labute approximate surface area is 157 Å². The molecule has 1 aliphatic heterocycles. The molecule has 144 valence electrons. The Balaban J connectivity index is 2.13. The van der Waals surface area contributed by atoms with E-state index in [0.717, 1.165) is 6.07 Å². The van der Waals surface area contributed by atoms with Crippen LogP contribution in [0.3, 0.4) is 0 Å². The van der Waals surface area contributed by atoms with Crippen LogP contribution < -0.4 is 9.44 Å². The molecule has 0 spiro atoms. The van der Waals surface area contributed by atoms with Gasteiger partial charge < -0.3 is 5.11 Å². The molecule has 0 saturated heterocycles. The fourth-order valence-electron chi connectivity index (χ4n) is 3.11. The molecule has 2 aromatic carbocycles. The third kappa shape index (κ3) is 3.31. The van der Waals surface area contributed by atoms with Crippen molar-refractivity contribution in [2.75, 3.05) is 10.8 Å². The first-order chi connectivity index (χ1) is 12.4. The van der Waals surface area contributed by atoms with E-state index in [1.165, 1.54) is 28.6 Å². The summed E-state index contributed by atoms with van der Waals surface area (Å²) in [5.74, 6) is -1.21. The number of aromatic carboxylic acids is 1. The molecule has 3 rings (SSSR count). The third-order valence-electron chi connectivity index (χ3n) is 4.67. The number of anilines is 1. The second kappa shape index (κ2) is 6.32. The van der Waals surface area contributed by atoms with Crippen molar-refractivity contribution in [1.82, 2.24) is 0 Å². The smallest absolute Gasteiger partial charge is 0.335 e. The number of carboxylic acids is 1. The lowest BCUT2D eigenvalue weighted by molar-refractivity contribution is 0.0696. The summed E-state index contributed by atoms with van der Waals surface area (Å²) in [6.45, 7) is 3.40. The van der Waals surface area contributed by atoms with E-state index in [1.807, 2.05) is 0 Å². The van der Waals surface area contributed by atoms with E-state index < -0.39 is 26.0 Å². The van der Waals surface area contributed by atoms with Crippen molar-refractivity contribution in [1.29, 1.82) is 0 Å². The van der Waals surface area contributed by atoms with Crippen molar-refractivity contribution in [3.63, 3.8) is 0 Å². The first kappa shape index (κ1) is 19.3. The van der Waals surface area contributed by atoms with Crippen molar-refractivity contribution in [3.05, 3.63) is 52.6 Å². The predicted octanol–water partition coefficient (Wildman–Crippen LogP) is 1.40. The minimum atomic E-state index is -4.02. The van der Waals surface area contributed by atoms with Gasteiger partial charge in [-0.25, -0.2) is 26.8 Å². The van der Waals surface area contributed by atoms with Gasteiger partial charge in [-0.15, -0.1) is 0 Å². The summed E-state index contributed by atoms with van der Waals surface area (Å²) in [5, 5.41) is 14.4. The van der Waals surface area contributed by atoms with Crippen molar-refractivity contribution in [2.45, 2.75) is 30.1 Å². The highest BCUT2D eigenvalue weighted by molar-refractivity contribution is 7.93. The highest BCUT2D eigenvalue weighted by Crippen LogP contribution is 2.35. The fourth-order valence-corrected chi connectivity index (χ4v) is 5.51. The molecule has 1 heterocycles. The molecule has 0 unspecified atom stereocenters. The molecule has 27 heavy (non-hydrogen) atoms. The average Bonchev–Trinajstić information content (AvgIpc) is 2.99. The van der Waals surface area contributed by atoms with Gasteiger partial charge in [-0.1, -0.05) is 0 Å². The van der Waals surface area contributed by atoms with E-state index in [1.54, 1.807) is 13.8 Å². The largest absolute Gasteiger partial charge is 0.478 e. The topological polar surface area (TPSA) is 135 Å². The van der Waals surface area contributed by atoms with Gasteiger partial charge in [0.1, 0.15) is 0 Å². The van der Waals surface area contributed by atoms with E-state index in [2.05, 4.69) is 0 Å². The summed E-state index contributed by atoms with van der Waals surface area (Å²) >= 11 is 0. The molecule has 0 atom stereocenters. The molecule has 0 saturated carbocycles. The van der Waals surface area contributed by atoms with Crippen LogP contribution in [0.25, 0.3) is 0 Å². The molecule has 3 N–H and O–H groups in total. The van der Waals surface area contributed by atoms with Crippen LogP contribution in [0.1, 0.15) is 27.0 Å². The molecule has 1 aliphatic rings. The normalized spacial score (nSPS) is 14.3.